The second kappa shape index (κ2) is 7.23. The summed E-state index contributed by atoms with van der Waals surface area (Å²) in [5.74, 6) is 0.114. The summed E-state index contributed by atoms with van der Waals surface area (Å²) in [4.78, 5) is 24.4. The van der Waals surface area contributed by atoms with E-state index in [0.717, 1.165) is 29.2 Å². The smallest absolute Gasteiger partial charge is 0.269 e. The van der Waals surface area contributed by atoms with Crippen LogP contribution in [0.15, 0.2) is 29.2 Å². The average Bonchev–Trinajstić information content (AvgIpc) is 2.89. The monoisotopic (exact) mass is 363 g/mol. The van der Waals surface area contributed by atoms with Crippen LogP contribution in [0, 0.1) is 10.1 Å². The molecule has 24 heavy (non-hydrogen) atoms. The number of amides is 1. The van der Waals surface area contributed by atoms with Crippen LogP contribution < -0.4 is 11.1 Å². The van der Waals surface area contributed by atoms with E-state index in [0.29, 0.717) is 5.69 Å². The molecule has 0 atom stereocenters. The lowest BCUT2D eigenvalue weighted by atomic mass is 9.98. The molecule has 2 aromatic rings. The molecule has 126 valence electrons. The number of nitrogens with zero attached hydrogens (tertiary/aromatic N) is 1. The minimum Gasteiger partial charge on any atom is -0.396 e. The average molecular weight is 363 g/mol. The second-order valence-corrected chi connectivity index (χ2v) is 7.70. The van der Waals surface area contributed by atoms with Crippen molar-refractivity contribution in [1.82, 2.24) is 0 Å². The molecule has 1 aromatic heterocycles. The molecule has 0 saturated heterocycles. The third-order valence-electron chi connectivity index (χ3n) is 3.88. The maximum Gasteiger partial charge on any atom is 0.269 e. The van der Waals surface area contributed by atoms with Crippen molar-refractivity contribution in [1.29, 1.82) is 0 Å². The molecule has 3 N–H and O–H groups in total. The zero-order valence-corrected chi connectivity index (χ0v) is 14.5. The highest BCUT2D eigenvalue weighted by molar-refractivity contribution is 8.00. The third kappa shape index (κ3) is 3.70. The predicted molar refractivity (Wildman–Crippen MR) is 97.8 cm³/mol. The van der Waals surface area contributed by atoms with Crippen LogP contribution in [0.3, 0.4) is 0 Å². The lowest BCUT2D eigenvalue weighted by Crippen LogP contribution is -2.14. The van der Waals surface area contributed by atoms with Gasteiger partial charge >= 0.3 is 0 Å². The Morgan fingerprint density at radius 2 is 2.00 bits per heavy atom. The van der Waals surface area contributed by atoms with Crippen LogP contribution in [0.5, 0.6) is 0 Å². The summed E-state index contributed by atoms with van der Waals surface area (Å²) in [6, 6.07) is 6.17. The fraction of sp³-hybridized carbons (Fsp3) is 0.312. The van der Waals surface area contributed by atoms with Crippen LogP contribution in [-0.2, 0) is 17.6 Å². The molecule has 0 aliphatic heterocycles. The van der Waals surface area contributed by atoms with Gasteiger partial charge in [-0.1, -0.05) is 0 Å². The highest BCUT2D eigenvalue weighted by Gasteiger charge is 2.20. The van der Waals surface area contributed by atoms with Gasteiger partial charge in [-0.15, -0.1) is 23.1 Å². The number of rotatable bonds is 5. The van der Waals surface area contributed by atoms with E-state index in [4.69, 9.17) is 5.73 Å². The Kier molecular flexibility index (Phi) is 5.06. The van der Waals surface area contributed by atoms with E-state index in [9.17, 15) is 14.9 Å². The summed E-state index contributed by atoms with van der Waals surface area (Å²) in [6.45, 7) is 0. The number of carbonyl (C=O) groups excluding carboxylic acids is 1. The number of nitrogens with two attached hydrogens (primary N) is 1. The van der Waals surface area contributed by atoms with Crippen molar-refractivity contribution in [2.75, 3.05) is 16.8 Å². The molecule has 1 aliphatic rings. The van der Waals surface area contributed by atoms with Gasteiger partial charge in [0.1, 0.15) is 5.00 Å². The number of benzene rings is 1. The number of fused-ring (bicyclic) bond motifs is 1. The number of hydrogen-bond acceptors (Lipinski definition) is 6. The molecule has 6 nitrogen and oxygen atoms in total. The Morgan fingerprint density at radius 1 is 1.29 bits per heavy atom. The number of nitro benzene ring substituents is 1. The number of hydrogen-bond donors (Lipinski definition) is 2. The first kappa shape index (κ1) is 16.8. The lowest BCUT2D eigenvalue weighted by Gasteiger charge is -2.10. The van der Waals surface area contributed by atoms with E-state index in [1.807, 2.05) is 0 Å². The fourth-order valence-electron chi connectivity index (χ4n) is 2.66. The van der Waals surface area contributed by atoms with E-state index >= 15 is 0 Å². The second-order valence-electron chi connectivity index (χ2n) is 5.54. The Morgan fingerprint density at radius 3 is 2.67 bits per heavy atom. The number of thiophene rings is 1. The van der Waals surface area contributed by atoms with E-state index in [1.54, 1.807) is 23.5 Å². The van der Waals surface area contributed by atoms with Crippen molar-refractivity contribution in [3.63, 3.8) is 0 Å². The molecular formula is C16H17N3O3S2. The Bertz CT molecular complexity index is 772. The van der Waals surface area contributed by atoms with Crippen molar-refractivity contribution in [2.24, 2.45) is 0 Å². The lowest BCUT2D eigenvalue weighted by molar-refractivity contribution is -0.384. The van der Waals surface area contributed by atoms with Crippen LogP contribution >= 0.6 is 23.1 Å². The fourth-order valence-corrected chi connectivity index (χ4v) is 4.58. The van der Waals surface area contributed by atoms with Gasteiger partial charge in [0, 0.05) is 21.9 Å². The van der Waals surface area contributed by atoms with Crippen molar-refractivity contribution in [3.8, 4) is 0 Å². The standard InChI is InChI=1S/C16H17N3O3S2/c17-15-12-3-1-2-4-13(12)24-16(15)18-14(20)9-23-11-7-5-10(6-8-11)19(21)22/h5-8H,1-4,9,17H2,(H,18,20). The Labute approximate surface area is 147 Å². The topological polar surface area (TPSA) is 98.3 Å². The van der Waals surface area contributed by atoms with Crippen molar-refractivity contribution >= 4 is 45.4 Å². The van der Waals surface area contributed by atoms with Gasteiger partial charge in [0.25, 0.3) is 5.69 Å². The van der Waals surface area contributed by atoms with Crippen LogP contribution in [0.1, 0.15) is 23.3 Å². The largest absolute Gasteiger partial charge is 0.396 e. The van der Waals surface area contributed by atoms with Gasteiger partial charge in [0.2, 0.25) is 5.91 Å². The zero-order chi connectivity index (χ0) is 17.1. The molecule has 0 unspecified atom stereocenters. The molecule has 8 heteroatoms. The molecule has 3 rings (SSSR count). The van der Waals surface area contributed by atoms with Gasteiger partial charge in [-0.05, 0) is 43.4 Å². The molecule has 1 aromatic carbocycles. The number of nitro groups is 1. The van der Waals surface area contributed by atoms with Gasteiger partial charge < -0.3 is 11.1 Å². The number of nitrogens with one attached hydrogen (secondary N) is 1. The first-order valence-electron chi connectivity index (χ1n) is 7.61. The number of nitrogen functional groups attached to an aromatic ring is 1. The normalized spacial score (nSPS) is 13.3. The third-order valence-corrected chi connectivity index (χ3v) is 6.12. The molecule has 1 amide bonds. The van der Waals surface area contributed by atoms with E-state index in [1.165, 1.54) is 40.8 Å². The molecule has 1 aliphatic carbocycles. The van der Waals surface area contributed by atoms with Crippen molar-refractivity contribution in [3.05, 3.63) is 44.8 Å². The first-order valence-corrected chi connectivity index (χ1v) is 9.42. The SMILES string of the molecule is Nc1c(NC(=O)CSc2ccc([N+](=O)[O-])cc2)sc2c1CCCC2. The maximum atomic E-state index is 12.1. The Balaban J connectivity index is 1.58. The number of aryl methyl sites for hydroxylation is 1. The van der Waals surface area contributed by atoms with Crippen molar-refractivity contribution in [2.45, 2.75) is 30.6 Å². The van der Waals surface area contributed by atoms with Gasteiger partial charge in [-0.25, -0.2) is 0 Å². The summed E-state index contributed by atoms with van der Waals surface area (Å²) in [6.07, 6.45) is 4.36. The highest BCUT2D eigenvalue weighted by Crippen LogP contribution is 2.40. The summed E-state index contributed by atoms with van der Waals surface area (Å²) in [5.41, 5.74) is 8.10. The van der Waals surface area contributed by atoms with Crippen LogP contribution in [0.4, 0.5) is 16.4 Å². The maximum absolute atomic E-state index is 12.1. The minimum absolute atomic E-state index is 0.0424. The van der Waals surface area contributed by atoms with Crippen LogP contribution in [0.25, 0.3) is 0 Å². The Hall–Kier alpha value is -2.06. The highest BCUT2D eigenvalue weighted by atomic mass is 32.2. The molecule has 0 saturated carbocycles. The summed E-state index contributed by atoms with van der Waals surface area (Å²) in [7, 11) is 0. The number of non-ortho nitro benzene ring substituents is 1. The van der Waals surface area contributed by atoms with Gasteiger partial charge in [0.15, 0.2) is 0 Å². The molecule has 0 spiro atoms. The first-order chi connectivity index (χ1) is 11.5. The number of anilines is 2. The molecule has 0 radical (unpaired) electrons. The van der Waals surface area contributed by atoms with E-state index in [-0.39, 0.29) is 17.3 Å². The number of carbonyl (C=O) groups is 1. The van der Waals surface area contributed by atoms with Gasteiger partial charge in [0.05, 0.1) is 16.4 Å². The zero-order valence-electron chi connectivity index (χ0n) is 12.9. The molecule has 0 bridgehead atoms. The number of thioether (sulfide) groups is 1. The summed E-state index contributed by atoms with van der Waals surface area (Å²) >= 11 is 2.91. The molecule has 1 heterocycles. The minimum atomic E-state index is -0.442. The summed E-state index contributed by atoms with van der Waals surface area (Å²) in [5, 5.41) is 14.3. The van der Waals surface area contributed by atoms with Gasteiger partial charge in [-0.2, -0.15) is 0 Å². The van der Waals surface area contributed by atoms with E-state index < -0.39 is 4.92 Å². The summed E-state index contributed by atoms with van der Waals surface area (Å²) < 4.78 is 0. The molecular weight excluding hydrogens is 346 g/mol. The van der Waals surface area contributed by atoms with Crippen molar-refractivity contribution < 1.29 is 9.72 Å². The van der Waals surface area contributed by atoms with Crippen LogP contribution in [-0.4, -0.2) is 16.6 Å². The molecule has 0 fully saturated rings. The van der Waals surface area contributed by atoms with Gasteiger partial charge in [-0.3, -0.25) is 14.9 Å². The van der Waals surface area contributed by atoms with E-state index in [2.05, 4.69) is 5.32 Å². The quantitative estimate of drug-likeness (QED) is 0.478. The predicted octanol–water partition coefficient (Wildman–Crippen LogP) is 3.85. The van der Waals surface area contributed by atoms with Crippen LogP contribution in [0.2, 0.25) is 0 Å².